The van der Waals surface area contributed by atoms with Crippen molar-refractivity contribution in [1.29, 1.82) is 0 Å². The lowest BCUT2D eigenvalue weighted by Gasteiger charge is -2.10. The van der Waals surface area contributed by atoms with E-state index < -0.39 is 17.6 Å². The maximum absolute atomic E-state index is 12.8. The molecule has 0 aliphatic carbocycles. The van der Waals surface area contributed by atoms with Crippen LogP contribution in [0.15, 0.2) is 84.0 Å². The molecule has 0 unspecified atom stereocenters. The first-order chi connectivity index (χ1) is 14.9. The number of fused-ring (bicyclic) bond motifs is 2. The predicted octanol–water partition coefficient (Wildman–Crippen LogP) is 5.57. The highest BCUT2D eigenvalue weighted by atomic mass is 19.4. The summed E-state index contributed by atoms with van der Waals surface area (Å²) in [4.78, 5) is 12.1. The number of benzene rings is 4. The van der Waals surface area contributed by atoms with Crippen molar-refractivity contribution in [3.8, 4) is 0 Å². The molecule has 0 fully saturated rings. The van der Waals surface area contributed by atoms with Gasteiger partial charge in [0.2, 0.25) is 0 Å². The quantitative estimate of drug-likeness (QED) is 0.251. The molecule has 4 rings (SSSR count). The summed E-state index contributed by atoms with van der Waals surface area (Å²) >= 11 is 0. The van der Waals surface area contributed by atoms with Gasteiger partial charge in [-0.15, -0.1) is 0 Å². The number of nitrogens with zero attached hydrogens (tertiary/aromatic N) is 1. The van der Waals surface area contributed by atoms with Crippen molar-refractivity contribution < 1.29 is 18.0 Å². The summed E-state index contributed by atoms with van der Waals surface area (Å²) in [6.45, 7) is -0.213. The van der Waals surface area contributed by atoms with E-state index in [0.717, 1.165) is 39.2 Å². The van der Waals surface area contributed by atoms with Crippen LogP contribution in [0.2, 0.25) is 0 Å². The zero-order valence-corrected chi connectivity index (χ0v) is 16.3. The van der Waals surface area contributed by atoms with Gasteiger partial charge in [0.1, 0.15) is 0 Å². The van der Waals surface area contributed by atoms with Gasteiger partial charge in [0, 0.05) is 11.3 Å². The van der Waals surface area contributed by atoms with Crippen LogP contribution in [0.4, 0.5) is 18.9 Å². The molecule has 0 atom stereocenters. The van der Waals surface area contributed by atoms with Crippen molar-refractivity contribution >= 4 is 39.4 Å². The second-order valence-corrected chi connectivity index (χ2v) is 6.96. The number of amides is 1. The molecule has 1 amide bonds. The van der Waals surface area contributed by atoms with Crippen molar-refractivity contribution in [3.05, 3.63) is 90.0 Å². The lowest BCUT2D eigenvalue weighted by Crippen LogP contribution is -2.26. The maximum Gasteiger partial charge on any atom is 0.416 e. The van der Waals surface area contributed by atoms with Crippen molar-refractivity contribution in [2.24, 2.45) is 5.10 Å². The molecule has 0 bridgehead atoms. The number of nitrogens with one attached hydrogen (secondary N) is 2. The molecule has 0 radical (unpaired) electrons. The first-order valence-electron chi connectivity index (χ1n) is 9.55. The second kappa shape index (κ2) is 8.47. The van der Waals surface area contributed by atoms with Gasteiger partial charge < -0.3 is 5.32 Å². The Kier molecular flexibility index (Phi) is 5.58. The van der Waals surface area contributed by atoms with Crippen LogP contribution in [0.25, 0.3) is 21.5 Å². The molecule has 0 aromatic heterocycles. The molecule has 0 saturated carbocycles. The first-order valence-corrected chi connectivity index (χ1v) is 9.55. The minimum Gasteiger partial charge on any atom is -0.376 e. The molecule has 0 spiro atoms. The Hall–Kier alpha value is -3.87. The number of carbonyl (C=O) groups is 1. The average Bonchev–Trinajstić information content (AvgIpc) is 2.77. The topological polar surface area (TPSA) is 53.5 Å². The van der Waals surface area contributed by atoms with E-state index in [0.29, 0.717) is 0 Å². The Bertz CT molecular complexity index is 1230. The van der Waals surface area contributed by atoms with Crippen LogP contribution in [0.5, 0.6) is 0 Å². The normalized spacial score (nSPS) is 11.8. The molecule has 7 heteroatoms. The van der Waals surface area contributed by atoms with Gasteiger partial charge in [0.05, 0.1) is 18.3 Å². The average molecular weight is 421 g/mol. The van der Waals surface area contributed by atoms with Gasteiger partial charge in [-0.3, -0.25) is 4.79 Å². The molecule has 4 nitrogen and oxygen atoms in total. The summed E-state index contributed by atoms with van der Waals surface area (Å²) in [6.07, 6.45) is -2.85. The largest absolute Gasteiger partial charge is 0.416 e. The van der Waals surface area contributed by atoms with Gasteiger partial charge in [-0.25, -0.2) is 5.43 Å². The van der Waals surface area contributed by atoms with Crippen molar-refractivity contribution in [3.63, 3.8) is 0 Å². The van der Waals surface area contributed by atoms with E-state index in [2.05, 4.69) is 21.9 Å². The minimum atomic E-state index is -4.44. The van der Waals surface area contributed by atoms with Crippen LogP contribution >= 0.6 is 0 Å². The summed E-state index contributed by atoms with van der Waals surface area (Å²) in [5.74, 6) is -0.474. The Labute approximate surface area is 176 Å². The van der Waals surface area contributed by atoms with E-state index in [1.54, 1.807) is 6.21 Å². The minimum absolute atomic E-state index is 0.203. The van der Waals surface area contributed by atoms with Crippen molar-refractivity contribution in [2.45, 2.75) is 6.18 Å². The molecule has 31 heavy (non-hydrogen) atoms. The zero-order valence-electron chi connectivity index (χ0n) is 16.3. The number of rotatable bonds is 5. The number of anilines is 1. The highest BCUT2D eigenvalue weighted by Gasteiger charge is 2.30. The van der Waals surface area contributed by atoms with Crippen LogP contribution in [0.3, 0.4) is 0 Å². The maximum atomic E-state index is 12.8. The number of hydrogen-bond donors (Lipinski definition) is 2. The van der Waals surface area contributed by atoms with E-state index in [1.807, 2.05) is 48.5 Å². The van der Waals surface area contributed by atoms with E-state index in [-0.39, 0.29) is 12.2 Å². The molecule has 2 N–H and O–H groups in total. The standard InChI is InChI=1S/C24H18F3N3O/c25-24(26,27)18-8-5-9-19(13-18)28-15-23(31)30-29-14-22-20-10-3-1-6-16(20)12-17-7-2-4-11-21(17)22/h1-14,28H,15H2,(H,30,31)/b29-14-. The van der Waals surface area contributed by atoms with Gasteiger partial charge in [-0.1, -0.05) is 54.6 Å². The lowest BCUT2D eigenvalue weighted by molar-refractivity contribution is -0.137. The fourth-order valence-electron chi connectivity index (χ4n) is 3.38. The summed E-state index contributed by atoms with van der Waals surface area (Å²) < 4.78 is 38.4. The molecule has 0 heterocycles. The third-order valence-corrected chi connectivity index (χ3v) is 4.84. The molecular weight excluding hydrogens is 403 g/mol. The predicted molar refractivity (Wildman–Crippen MR) is 117 cm³/mol. The molecule has 0 aliphatic rings. The Morgan fingerprint density at radius 3 is 2.16 bits per heavy atom. The number of hydrazone groups is 1. The summed E-state index contributed by atoms with van der Waals surface area (Å²) in [5.41, 5.74) is 2.72. The molecular formula is C24H18F3N3O. The SMILES string of the molecule is O=C(CNc1cccc(C(F)(F)F)c1)N/N=C\c1c2ccccc2cc2ccccc12. The first kappa shape index (κ1) is 20.4. The van der Waals surface area contributed by atoms with Crippen LogP contribution in [-0.2, 0) is 11.0 Å². The van der Waals surface area contributed by atoms with Gasteiger partial charge in [-0.05, 0) is 45.8 Å². The number of hydrogen-bond acceptors (Lipinski definition) is 3. The Balaban J connectivity index is 1.48. The number of halogens is 3. The van der Waals surface area contributed by atoms with E-state index >= 15 is 0 Å². The molecule has 4 aromatic carbocycles. The number of alkyl halides is 3. The van der Waals surface area contributed by atoms with Crippen LogP contribution < -0.4 is 10.7 Å². The van der Waals surface area contributed by atoms with Gasteiger partial charge in [0.15, 0.2) is 0 Å². The van der Waals surface area contributed by atoms with Crippen molar-refractivity contribution in [1.82, 2.24) is 5.43 Å². The molecule has 156 valence electrons. The van der Waals surface area contributed by atoms with E-state index in [4.69, 9.17) is 0 Å². The van der Waals surface area contributed by atoms with Crippen LogP contribution in [-0.4, -0.2) is 18.7 Å². The Morgan fingerprint density at radius 2 is 1.52 bits per heavy atom. The number of carbonyl (C=O) groups excluding carboxylic acids is 1. The van der Waals surface area contributed by atoms with Gasteiger partial charge >= 0.3 is 6.18 Å². The van der Waals surface area contributed by atoms with Crippen LogP contribution in [0.1, 0.15) is 11.1 Å². The van der Waals surface area contributed by atoms with Gasteiger partial charge in [0.25, 0.3) is 5.91 Å². The summed E-state index contributed by atoms with van der Waals surface area (Å²) in [6, 6.07) is 22.6. The monoisotopic (exact) mass is 421 g/mol. The smallest absolute Gasteiger partial charge is 0.376 e. The second-order valence-electron chi connectivity index (χ2n) is 6.96. The highest BCUT2D eigenvalue weighted by molar-refractivity contribution is 6.13. The molecule has 4 aromatic rings. The fourth-order valence-corrected chi connectivity index (χ4v) is 3.38. The Morgan fingerprint density at radius 1 is 0.871 bits per heavy atom. The lowest BCUT2D eigenvalue weighted by atomic mass is 9.97. The zero-order chi connectivity index (χ0) is 21.8. The van der Waals surface area contributed by atoms with Crippen LogP contribution in [0, 0.1) is 0 Å². The van der Waals surface area contributed by atoms with Crippen molar-refractivity contribution in [2.75, 3.05) is 11.9 Å². The fraction of sp³-hybridized carbons (Fsp3) is 0.0833. The highest BCUT2D eigenvalue weighted by Crippen LogP contribution is 2.30. The third kappa shape index (κ3) is 4.66. The van der Waals surface area contributed by atoms with E-state index in [1.165, 1.54) is 12.1 Å². The summed E-state index contributed by atoms with van der Waals surface area (Å²) in [5, 5.41) is 10.9. The van der Waals surface area contributed by atoms with E-state index in [9.17, 15) is 18.0 Å². The molecule has 0 saturated heterocycles. The summed E-state index contributed by atoms with van der Waals surface area (Å²) in [7, 11) is 0. The third-order valence-electron chi connectivity index (χ3n) is 4.84. The molecule has 0 aliphatic heterocycles. The van der Waals surface area contributed by atoms with Gasteiger partial charge in [-0.2, -0.15) is 18.3 Å².